The topological polar surface area (TPSA) is 51.0 Å². The number of halogens is 1. The predicted octanol–water partition coefficient (Wildman–Crippen LogP) is 3.64. The van der Waals surface area contributed by atoms with E-state index in [0.717, 1.165) is 14.9 Å². The minimum Gasteiger partial charge on any atom is -0.334 e. The number of thiophene rings is 1. The lowest BCUT2D eigenvalue weighted by Crippen LogP contribution is -2.29. The van der Waals surface area contributed by atoms with Crippen molar-refractivity contribution in [3.05, 3.63) is 63.8 Å². The number of rotatable bonds is 5. The molecule has 5 nitrogen and oxygen atoms in total. The first-order chi connectivity index (χ1) is 11.2. The van der Waals surface area contributed by atoms with E-state index in [9.17, 15) is 4.79 Å². The molecular weight excluding hydrogens is 332 g/mol. The molecule has 0 radical (unpaired) electrons. The molecule has 0 bridgehead atoms. The van der Waals surface area contributed by atoms with E-state index < -0.39 is 0 Å². The van der Waals surface area contributed by atoms with Crippen molar-refractivity contribution in [2.75, 3.05) is 6.54 Å². The third kappa shape index (κ3) is 3.60. The van der Waals surface area contributed by atoms with Crippen molar-refractivity contribution in [1.82, 2.24) is 19.7 Å². The number of benzene rings is 1. The minimum absolute atomic E-state index is 0.00200. The van der Waals surface area contributed by atoms with Gasteiger partial charge in [-0.2, -0.15) is 5.10 Å². The highest BCUT2D eigenvalue weighted by Gasteiger charge is 2.15. The third-order valence-corrected chi connectivity index (χ3v) is 4.66. The molecule has 1 amide bonds. The maximum absolute atomic E-state index is 12.6. The van der Waals surface area contributed by atoms with Crippen LogP contribution in [0, 0.1) is 0 Å². The zero-order valence-electron chi connectivity index (χ0n) is 12.5. The summed E-state index contributed by atoms with van der Waals surface area (Å²) < 4.78 is 2.39. The second-order valence-corrected chi connectivity index (χ2v) is 6.71. The maximum Gasteiger partial charge on any atom is 0.254 e. The van der Waals surface area contributed by atoms with Crippen LogP contribution in [0.3, 0.4) is 0 Å². The van der Waals surface area contributed by atoms with Gasteiger partial charge in [0, 0.05) is 17.0 Å². The molecule has 0 aliphatic heterocycles. The van der Waals surface area contributed by atoms with Gasteiger partial charge in [-0.3, -0.25) is 4.79 Å². The normalized spacial score (nSPS) is 10.7. The third-order valence-electron chi connectivity index (χ3n) is 3.44. The quantitative estimate of drug-likeness (QED) is 0.708. The van der Waals surface area contributed by atoms with Gasteiger partial charge in [-0.1, -0.05) is 11.6 Å². The smallest absolute Gasteiger partial charge is 0.254 e. The average Bonchev–Trinajstić information content (AvgIpc) is 3.24. The number of nitrogens with zero attached hydrogens (tertiary/aromatic N) is 4. The lowest BCUT2D eigenvalue weighted by Gasteiger charge is -2.20. The Morgan fingerprint density at radius 3 is 2.61 bits per heavy atom. The summed E-state index contributed by atoms with van der Waals surface area (Å²) in [5, 5.41) is 4.07. The summed E-state index contributed by atoms with van der Waals surface area (Å²) in [5.41, 5.74) is 1.52. The first-order valence-corrected chi connectivity index (χ1v) is 8.35. The summed E-state index contributed by atoms with van der Waals surface area (Å²) in [6, 6.07) is 11.1. The molecule has 0 saturated heterocycles. The lowest BCUT2D eigenvalue weighted by atomic mass is 10.1. The fourth-order valence-electron chi connectivity index (χ4n) is 2.23. The Balaban J connectivity index is 1.75. The zero-order chi connectivity index (χ0) is 16.2. The number of hydrogen-bond donors (Lipinski definition) is 0. The van der Waals surface area contributed by atoms with Crippen LogP contribution in [0.25, 0.3) is 5.69 Å². The Bertz CT molecular complexity index is 783. The molecule has 0 aliphatic rings. The van der Waals surface area contributed by atoms with Crippen molar-refractivity contribution in [2.24, 2.45) is 0 Å². The molecule has 0 aliphatic carbocycles. The summed E-state index contributed by atoms with van der Waals surface area (Å²) in [6.07, 6.45) is 3.10. The van der Waals surface area contributed by atoms with Gasteiger partial charge >= 0.3 is 0 Å². The van der Waals surface area contributed by atoms with E-state index in [1.54, 1.807) is 15.9 Å². The van der Waals surface area contributed by atoms with Crippen LogP contribution in [0.5, 0.6) is 0 Å². The van der Waals surface area contributed by atoms with Crippen molar-refractivity contribution in [1.29, 1.82) is 0 Å². The Morgan fingerprint density at radius 2 is 2.04 bits per heavy atom. The number of amides is 1. The number of hydrogen-bond acceptors (Lipinski definition) is 4. The number of carbonyl (C=O) groups is 1. The molecule has 7 heteroatoms. The van der Waals surface area contributed by atoms with E-state index in [0.29, 0.717) is 18.7 Å². The molecule has 2 aromatic heterocycles. The van der Waals surface area contributed by atoms with Gasteiger partial charge in [0.15, 0.2) is 0 Å². The molecule has 3 aromatic rings. The van der Waals surface area contributed by atoms with Crippen LogP contribution in [-0.4, -0.2) is 32.1 Å². The summed E-state index contributed by atoms with van der Waals surface area (Å²) in [7, 11) is 0. The van der Waals surface area contributed by atoms with Crippen LogP contribution in [0.1, 0.15) is 22.2 Å². The monoisotopic (exact) mass is 346 g/mol. The highest BCUT2D eigenvalue weighted by Crippen LogP contribution is 2.23. The van der Waals surface area contributed by atoms with E-state index in [-0.39, 0.29) is 5.91 Å². The lowest BCUT2D eigenvalue weighted by molar-refractivity contribution is 0.0754. The van der Waals surface area contributed by atoms with Crippen molar-refractivity contribution in [3.8, 4) is 5.69 Å². The predicted molar refractivity (Wildman–Crippen MR) is 91.1 cm³/mol. The second kappa shape index (κ2) is 6.93. The van der Waals surface area contributed by atoms with E-state index in [1.807, 2.05) is 43.3 Å². The molecule has 0 unspecified atom stereocenters. The highest BCUT2D eigenvalue weighted by atomic mass is 35.5. The Morgan fingerprint density at radius 1 is 1.26 bits per heavy atom. The fourth-order valence-corrected chi connectivity index (χ4v) is 3.34. The van der Waals surface area contributed by atoms with Crippen LogP contribution >= 0.6 is 22.9 Å². The molecule has 118 valence electrons. The molecule has 23 heavy (non-hydrogen) atoms. The molecule has 3 rings (SSSR count). The largest absolute Gasteiger partial charge is 0.334 e. The van der Waals surface area contributed by atoms with Crippen molar-refractivity contribution in [3.63, 3.8) is 0 Å². The van der Waals surface area contributed by atoms with Crippen LogP contribution in [0.4, 0.5) is 0 Å². The Hall–Kier alpha value is -2.18. The first kappa shape index (κ1) is 15.7. The molecular formula is C16H15ClN4OS. The molecule has 2 heterocycles. The molecule has 0 N–H and O–H groups in total. The summed E-state index contributed by atoms with van der Waals surface area (Å²) in [4.78, 5) is 19.4. The highest BCUT2D eigenvalue weighted by molar-refractivity contribution is 7.16. The van der Waals surface area contributed by atoms with Gasteiger partial charge in [-0.05, 0) is 43.3 Å². The standard InChI is InChI=1S/C16H15ClN4OS/c1-2-20(9-14-7-8-15(17)23-14)16(22)12-3-5-13(6-4-12)21-11-18-10-19-21/h3-8,10-11H,2,9H2,1H3. The minimum atomic E-state index is 0.00200. The van der Waals surface area contributed by atoms with E-state index in [4.69, 9.17) is 11.6 Å². The summed E-state index contributed by atoms with van der Waals surface area (Å²) in [5.74, 6) is 0.00200. The average molecular weight is 347 g/mol. The van der Waals surface area contributed by atoms with Crippen molar-refractivity contribution >= 4 is 28.8 Å². The number of carbonyl (C=O) groups excluding carboxylic acids is 1. The van der Waals surface area contributed by atoms with Crippen LogP contribution in [0.15, 0.2) is 49.1 Å². The van der Waals surface area contributed by atoms with Crippen LogP contribution in [0.2, 0.25) is 4.34 Å². The summed E-state index contributed by atoms with van der Waals surface area (Å²) >= 11 is 7.45. The second-order valence-electron chi connectivity index (χ2n) is 4.91. The van der Waals surface area contributed by atoms with Crippen molar-refractivity contribution in [2.45, 2.75) is 13.5 Å². The molecule has 0 spiro atoms. The fraction of sp³-hybridized carbons (Fsp3) is 0.188. The van der Waals surface area contributed by atoms with Crippen molar-refractivity contribution < 1.29 is 4.79 Å². The molecule has 0 saturated carbocycles. The van der Waals surface area contributed by atoms with E-state index >= 15 is 0 Å². The van der Waals surface area contributed by atoms with Gasteiger partial charge in [0.25, 0.3) is 5.91 Å². The maximum atomic E-state index is 12.6. The van der Waals surface area contributed by atoms with Gasteiger partial charge < -0.3 is 4.90 Å². The first-order valence-electron chi connectivity index (χ1n) is 7.16. The number of aromatic nitrogens is 3. The van der Waals surface area contributed by atoms with E-state index in [2.05, 4.69) is 10.1 Å². The van der Waals surface area contributed by atoms with Gasteiger partial charge in [0.2, 0.25) is 0 Å². The SMILES string of the molecule is CCN(Cc1ccc(Cl)s1)C(=O)c1ccc(-n2cncn2)cc1. The summed E-state index contributed by atoms with van der Waals surface area (Å²) in [6.45, 7) is 3.17. The van der Waals surface area contributed by atoms with Gasteiger partial charge in [0.1, 0.15) is 12.7 Å². The van der Waals surface area contributed by atoms with E-state index in [1.165, 1.54) is 17.7 Å². The Kier molecular flexibility index (Phi) is 4.73. The van der Waals surface area contributed by atoms with Crippen LogP contribution < -0.4 is 0 Å². The molecule has 0 fully saturated rings. The Labute approximate surface area is 143 Å². The molecule has 1 aromatic carbocycles. The van der Waals surface area contributed by atoms with Gasteiger partial charge in [0.05, 0.1) is 16.6 Å². The van der Waals surface area contributed by atoms with Gasteiger partial charge in [-0.15, -0.1) is 11.3 Å². The van der Waals surface area contributed by atoms with Crippen LogP contribution in [-0.2, 0) is 6.54 Å². The van der Waals surface area contributed by atoms with Gasteiger partial charge in [-0.25, -0.2) is 9.67 Å². The zero-order valence-corrected chi connectivity index (χ0v) is 14.1. The molecule has 0 atom stereocenters.